The van der Waals surface area contributed by atoms with Crippen molar-refractivity contribution in [2.45, 2.75) is 19.8 Å². The van der Waals surface area contributed by atoms with Gasteiger partial charge in [-0.25, -0.2) is 0 Å². The summed E-state index contributed by atoms with van der Waals surface area (Å²) in [7, 11) is 0. The molecule has 0 aromatic heterocycles. The number of rotatable bonds is 2. The van der Waals surface area contributed by atoms with E-state index < -0.39 is 0 Å². The SMILES string of the molecule is CC1CC1CC=C=N. The van der Waals surface area contributed by atoms with Crippen LogP contribution in [0.15, 0.2) is 6.08 Å². The molecular formula is C7H11N. The maximum absolute atomic E-state index is 6.58. The molecular weight excluding hydrogens is 98.1 g/mol. The van der Waals surface area contributed by atoms with Crippen molar-refractivity contribution in [3.05, 3.63) is 6.08 Å². The van der Waals surface area contributed by atoms with Gasteiger partial charge in [0.2, 0.25) is 0 Å². The minimum atomic E-state index is 0.882. The molecule has 0 amide bonds. The number of hydrogen-bond acceptors (Lipinski definition) is 1. The molecule has 0 aromatic carbocycles. The number of nitrogens with one attached hydrogen (secondary N) is 1. The third-order valence-corrected chi connectivity index (χ3v) is 1.80. The highest BCUT2D eigenvalue weighted by Gasteiger charge is 2.30. The van der Waals surface area contributed by atoms with Crippen LogP contribution in [-0.2, 0) is 0 Å². The molecule has 1 N–H and O–H groups in total. The van der Waals surface area contributed by atoms with E-state index in [4.69, 9.17) is 5.41 Å². The second kappa shape index (κ2) is 2.15. The quantitative estimate of drug-likeness (QED) is 0.523. The van der Waals surface area contributed by atoms with Gasteiger partial charge in [0.1, 0.15) is 0 Å². The van der Waals surface area contributed by atoms with Crippen LogP contribution >= 0.6 is 0 Å². The van der Waals surface area contributed by atoms with Crippen LogP contribution in [-0.4, -0.2) is 5.87 Å². The van der Waals surface area contributed by atoms with Gasteiger partial charge in [-0.15, -0.1) is 0 Å². The van der Waals surface area contributed by atoms with Crippen LogP contribution < -0.4 is 0 Å². The lowest BCUT2D eigenvalue weighted by Gasteiger charge is -1.81. The monoisotopic (exact) mass is 109 g/mol. The Morgan fingerprint density at radius 3 is 2.88 bits per heavy atom. The molecule has 2 atom stereocenters. The fourth-order valence-electron chi connectivity index (χ4n) is 0.938. The summed E-state index contributed by atoms with van der Waals surface area (Å²) in [6.45, 7) is 2.25. The van der Waals surface area contributed by atoms with Crippen LogP contribution in [0.2, 0.25) is 0 Å². The van der Waals surface area contributed by atoms with E-state index in [1.165, 1.54) is 6.42 Å². The smallest absolute Gasteiger partial charge is 0.0228 e. The molecule has 0 aliphatic heterocycles. The Morgan fingerprint density at radius 2 is 2.50 bits per heavy atom. The minimum absolute atomic E-state index is 0.882. The summed E-state index contributed by atoms with van der Waals surface area (Å²) < 4.78 is 0. The highest BCUT2D eigenvalue weighted by Crippen LogP contribution is 2.40. The summed E-state index contributed by atoms with van der Waals surface area (Å²) in [6, 6.07) is 0. The average Bonchev–Trinajstić information content (AvgIpc) is 2.42. The Hall–Kier alpha value is -0.550. The third kappa shape index (κ3) is 1.21. The molecule has 1 nitrogen and oxygen atoms in total. The molecule has 2 unspecified atom stereocenters. The van der Waals surface area contributed by atoms with Crippen LogP contribution in [0.3, 0.4) is 0 Å². The Kier molecular flexibility index (Phi) is 1.50. The first-order valence-electron chi connectivity index (χ1n) is 3.08. The van der Waals surface area contributed by atoms with E-state index in [1.54, 1.807) is 0 Å². The lowest BCUT2D eigenvalue weighted by atomic mass is 10.2. The van der Waals surface area contributed by atoms with E-state index in [1.807, 2.05) is 6.08 Å². The van der Waals surface area contributed by atoms with Crippen molar-refractivity contribution in [3.63, 3.8) is 0 Å². The van der Waals surface area contributed by atoms with Gasteiger partial charge in [0.05, 0.1) is 0 Å². The largest absolute Gasteiger partial charge is 0.259 e. The Balaban J connectivity index is 2.13. The summed E-state index contributed by atoms with van der Waals surface area (Å²) >= 11 is 0. The molecule has 0 saturated heterocycles. The van der Waals surface area contributed by atoms with Crippen molar-refractivity contribution in [3.8, 4) is 0 Å². The van der Waals surface area contributed by atoms with Gasteiger partial charge in [0, 0.05) is 0 Å². The standard InChI is InChI=1S/C7H11N/c1-6-5-7(6)3-2-4-8/h2,6-8H,3,5H2,1H3. The lowest BCUT2D eigenvalue weighted by molar-refractivity contribution is 0.768. The van der Waals surface area contributed by atoms with Gasteiger partial charge in [-0.05, 0) is 36.6 Å². The van der Waals surface area contributed by atoms with Crippen LogP contribution in [0.1, 0.15) is 19.8 Å². The van der Waals surface area contributed by atoms with Gasteiger partial charge in [-0.3, -0.25) is 5.41 Å². The molecule has 1 heteroatoms. The summed E-state index contributed by atoms with van der Waals surface area (Å²) in [5.74, 6) is 4.08. The fourth-order valence-corrected chi connectivity index (χ4v) is 0.938. The van der Waals surface area contributed by atoms with Crippen LogP contribution in [0.5, 0.6) is 0 Å². The summed E-state index contributed by atoms with van der Waals surface area (Å²) in [6.07, 6.45) is 4.25. The molecule has 1 aliphatic rings. The topological polar surface area (TPSA) is 23.9 Å². The maximum atomic E-state index is 6.58. The first-order valence-corrected chi connectivity index (χ1v) is 3.08. The third-order valence-electron chi connectivity index (χ3n) is 1.80. The lowest BCUT2D eigenvalue weighted by Crippen LogP contribution is -1.72. The average molecular weight is 109 g/mol. The predicted octanol–water partition coefficient (Wildman–Crippen LogP) is 1.84. The molecule has 1 fully saturated rings. The molecule has 0 aromatic rings. The van der Waals surface area contributed by atoms with Crippen molar-refractivity contribution in [1.82, 2.24) is 0 Å². The highest BCUT2D eigenvalue weighted by molar-refractivity contribution is 5.47. The van der Waals surface area contributed by atoms with Crippen LogP contribution in [0.25, 0.3) is 0 Å². The van der Waals surface area contributed by atoms with E-state index >= 15 is 0 Å². The highest BCUT2D eigenvalue weighted by atomic mass is 14.4. The van der Waals surface area contributed by atoms with Crippen LogP contribution in [0.4, 0.5) is 0 Å². The van der Waals surface area contributed by atoms with Crippen molar-refractivity contribution in [2.75, 3.05) is 0 Å². The molecule has 1 rings (SSSR count). The summed E-state index contributed by atoms with van der Waals surface area (Å²) in [4.78, 5) is 0. The maximum Gasteiger partial charge on any atom is -0.0228 e. The molecule has 0 heterocycles. The fraction of sp³-hybridized carbons (Fsp3) is 0.714. The van der Waals surface area contributed by atoms with Crippen molar-refractivity contribution in [1.29, 1.82) is 5.41 Å². The van der Waals surface area contributed by atoms with Gasteiger partial charge < -0.3 is 0 Å². The van der Waals surface area contributed by atoms with Crippen molar-refractivity contribution < 1.29 is 0 Å². The van der Waals surface area contributed by atoms with Gasteiger partial charge in [0.15, 0.2) is 0 Å². The van der Waals surface area contributed by atoms with Crippen LogP contribution in [0, 0.1) is 17.2 Å². The molecule has 0 radical (unpaired) electrons. The second-order valence-electron chi connectivity index (χ2n) is 2.56. The second-order valence-corrected chi connectivity index (χ2v) is 2.56. The van der Waals surface area contributed by atoms with Crippen molar-refractivity contribution in [2.24, 2.45) is 11.8 Å². The molecule has 8 heavy (non-hydrogen) atoms. The van der Waals surface area contributed by atoms with E-state index in [0.29, 0.717) is 0 Å². The molecule has 1 aliphatic carbocycles. The summed E-state index contributed by atoms with van der Waals surface area (Å²) in [5, 5.41) is 6.58. The van der Waals surface area contributed by atoms with Gasteiger partial charge in [-0.2, -0.15) is 0 Å². The van der Waals surface area contributed by atoms with E-state index in [9.17, 15) is 0 Å². The zero-order valence-corrected chi connectivity index (χ0v) is 5.15. The zero-order valence-electron chi connectivity index (χ0n) is 5.15. The molecule has 44 valence electrons. The Bertz CT molecular complexity index is 122. The normalized spacial score (nSPS) is 33.6. The molecule has 1 saturated carbocycles. The van der Waals surface area contributed by atoms with E-state index in [0.717, 1.165) is 18.3 Å². The molecule has 0 bridgehead atoms. The zero-order chi connectivity index (χ0) is 5.98. The van der Waals surface area contributed by atoms with Gasteiger partial charge >= 0.3 is 0 Å². The number of allylic oxidation sites excluding steroid dienone is 1. The van der Waals surface area contributed by atoms with E-state index in [-0.39, 0.29) is 0 Å². The molecule has 0 spiro atoms. The van der Waals surface area contributed by atoms with E-state index in [2.05, 4.69) is 12.8 Å². The minimum Gasteiger partial charge on any atom is -0.259 e. The van der Waals surface area contributed by atoms with Gasteiger partial charge in [-0.1, -0.05) is 6.92 Å². The predicted molar refractivity (Wildman–Crippen MR) is 34.2 cm³/mol. The first kappa shape index (κ1) is 5.58. The van der Waals surface area contributed by atoms with Crippen molar-refractivity contribution >= 4 is 5.87 Å². The Morgan fingerprint density at radius 1 is 1.88 bits per heavy atom. The van der Waals surface area contributed by atoms with Gasteiger partial charge in [0.25, 0.3) is 0 Å². The number of hydrogen-bond donors (Lipinski definition) is 1. The summed E-state index contributed by atoms with van der Waals surface area (Å²) in [5.41, 5.74) is 0. The Labute approximate surface area is 49.9 Å². The first-order chi connectivity index (χ1) is 3.84.